The number of sulfonamides is 1. The molecule has 0 aromatic carbocycles. The Morgan fingerprint density at radius 1 is 1.13 bits per heavy atom. The molecule has 5 rings (SSSR count). The Morgan fingerprint density at radius 2 is 2.00 bits per heavy atom. The molecule has 0 saturated carbocycles. The number of likely N-dealkylation sites (tertiary alicyclic amines) is 1. The monoisotopic (exact) mass is 453 g/mol. The van der Waals surface area contributed by atoms with Gasteiger partial charge in [-0.15, -0.1) is 11.3 Å². The van der Waals surface area contributed by atoms with Crippen LogP contribution in [-0.2, 0) is 21.4 Å². The number of amides is 1. The lowest BCUT2D eigenvalue weighted by Crippen LogP contribution is -2.41. The van der Waals surface area contributed by atoms with E-state index in [-0.39, 0.29) is 10.1 Å². The van der Waals surface area contributed by atoms with Gasteiger partial charge in [0.1, 0.15) is 10.3 Å². The number of pyridine rings is 2. The standard InChI is InChI=1S/C21H19N5O3S2/c27-21-17(8-11-26(21)13-14-12-18-15(24-14)5-3-10-23-18)25-31(28,29)20-7-6-19(30-20)16-4-1-2-9-22-16/h1-7,9-10,12,17,24-25H,8,11,13H2/t17-/m0/s1. The molecule has 1 fully saturated rings. The maximum atomic E-state index is 12.9. The summed E-state index contributed by atoms with van der Waals surface area (Å²) in [5.41, 5.74) is 3.32. The highest BCUT2D eigenvalue weighted by Crippen LogP contribution is 2.30. The van der Waals surface area contributed by atoms with E-state index in [0.717, 1.165) is 32.9 Å². The van der Waals surface area contributed by atoms with Crippen LogP contribution in [0.5, 0.6) is 0 Å². The molecule has 0 bridgehead atoms. The Bertz CT molecular complexity index is 1310. The molecule has 1 aliphatic heterocycles. The molecule has 8 nitrogen and oxygen atoms in total. The predicted octanol–water partition coefficient (Wildman–Crippen LogP) is 2.77. The second-order valence-corrected chi connectivity index (χ2v) is 10.3. The molecule has 0 unspecified atom stereocenters. The van der Waals surface area contributed by atoms with E-state index in [4.69, 9.17) is 0 Å². The molecule has 1 saturated heterocycles. The molecule has 4 aromatic rings. The van der Waals surface area contributed by atoms with Crippen molar-refractivity contribution < 1.29 is 13.2 Å². The smallest absolute Gasteiger partial charge is 0.250 e. The number of nitrogens with zero attached hydrogens (tertiary/aromatic N) is 3. The molecule has 10 heteroatoms. The average Bonchev–Trinajstić information content (AvgIpc) is 3.49. The van der Waals surface area contributed by atoms with Crippen LogP contribution in [0.4, 0.5) is 0 Å². The maximum Gasteiger partial charge on any atom is 0.250 e. The van der Waals surface area contributed by atoms with Gasteiger partial charge in [-0.1, -0.05) is 6.07 Å². The first-order chi connectivity index (χ1) is 15.0. The number of thiophene rings is 1. The Hall–Kier alpha value is -3.08. The summed E-state index contributed by atoms with van der Waals surface area (Å²) in [6.07, 6.45) is 3.81. The van der Waals surface area contributed by atoms with Crippen molar-refractivity contribution in [1.29, 1.82) is 0 Å². The quantitative estimate of drug-likeness (QED) is 0.467. The van der Waals surface area contributed by atoms with Gasteiger partial charge in [-0.2, -0.15) is 4.72 Å². The third-order valence-corrected chi connectivity index (χ3v) is 8.24. The highest BCUT2D eigenvalue weighted by molar-refractivity contribution is 7.91. The zero-order valence-electron chi connectivity index (χ0n) is 16.4. The third-order valence-electron chi connectivity index (χ3n) is 5.16. The number of aromatic nitrogens is 3. The highest BCUT2D eigenvalue weighted by Gasteiger charge is 2.35. The van der Waals surface area contributed by atoms with Crippen molar-refractivity contribution in [3.63, 3.8) is 0 Å². The number of H-pyrrole nitrogens is 1. The van der Waals surface area contributed by atoms with Gasteiger partial charge in [-0.3, -0.25) is 14.8 Å². The van der Waals surface area contributed by atoms with Gasteiger partial charge in [0.2, 0.25) is 5.91 Å². The zero-order chi connectivity index (χ0) is 21.4. The van der Waals surface area contributed by atoms with Crippen molar-refractivity contribution in [2.45, 2.75) is 23.2 Å². The van der Waals surface area contributed by atoms with Crippen molar-refractivity contribution in [3.8, 4) is 10.6 Å². The summed E-state index contributed by atoms with van der Waals surface area (Å²) in [4.78, 5) is 27.0. The topological polar surface area (TPSA) is 108 Å². The summed E-state index contributed by atoms with van der Waals surface area (Å²) in [6.45, 7) is 0.870. The van der Waals surface area contributed by atoms with Gasteiger partial charge in [0.15, 0.2) is 0 Å². The fourth-order valence-corrected chi connectivity index (χ4v) is 6.19. The largest absolute Gasteiger partial charge is 0.356 e. The second kappa shape index (κ2) is 7.88. The first-order valence-corrected chi connectivity index (χ1v) is 12.0. The number of nitrogens with one attached hydrogen (secondary N) is 2. The highest BCUT2D eigenvalue weighted by atomic mass is 32.2. The molecule has 158 valence electrons. The predicted molar refractivity (Wildman–Crippen MR) is 118 cm³/mol. The zero-order valence-corrected chi connectivity index (χ0v) is 18.0. The Morgan fingerprint density at radius 3 is 2.81 bits per heavy atom. The van der Waals surface area contributed by atoms with Crippen LogP contribution in [0.2, 0.25) is 0 Å². The van der Waals surface area contributed by atoms with Crippen molar-refractivity contribution >= 4 is 38.3 Å². The van der Waals surface area contributed by atoms with Crippen LogP contribution in [0.1, 0.15) is 12.1 Å². The first kappa shape index (κ1) is 19.9. The maximum absolute atomic E-state index is 12.9. The van der Waals surface area contributed by atoms with Gasteiger partial charge in [0.25, 0.3) is 10.0 Å². The van der Waals surface area contributed by atoms with Gasteiger partial charge in [0.05, 0.1) is 28.1 Å². The van der Waals surface area contributed by atoms with E-state index >= 15 is 0 Å². The average molecular weight is 454 g/mol. The number of hydrogen-bond donors (Lipinski definition) is 2. The number of rotatable bonds is 6. The van der Waals surface area contributed by atoms with Gasteiger partial charge in [0, 0.05) is 24.6 Å². The SMILES string of the molecule is O=C1[C@@H](NS(=O)(=O)c2ccc(-c3ccccn3)s2)CCN1Cc1cc2ncccc2[nH]1. The summed E-state index contributed by atoms with van der Waals surface area (Å²) in [7, 11) is -3.81. The van der Waals surface area contributed by atoms with Gasteiger partial charge in [-0.25, -0.2) is 8.42 Å². The van der Waals surface area contributed by atoms with E-state index < -0.39 is 16.1 Å². The fraction of sp³-hybridized carbons (Fsp3) is 0.190. The van der Waals surface area contributed by atoms with E-state index in [9.17, 15) is 13.2 Å². The van der Waals surface area contributed by atoms with E-state index in [0.29, 0.717) is 25.2 Å². The van der Waals surface area contributed by atoms with E-state index in [1.165, 1.54) is 0 Å². The van der Waals surface area contributed by atoms with Crippen LogP contribution >= 0.6 is 11.3 Å². The Balaban J connectivity index is 1.28. The van der Waals surface area contributed by atoms with Crippen LogP contribution in [0, 0.1) is 0 Å². The minimum Gasteiger partial charge on any atom is -0.356 e. The summed E-state index contributed by atoms with van der Waals surface area (Å²) in [5, 5.41) is 0. The van der Waals surface area contributed by atoms with E-state index in [1.54, 1.807) is 35.5 Å². The molecule has 1 amide bonds. The van der Waals surface area contributed by atoms with Gasteiger partial charge in [-0.05, 0) is 48.9 Å². The molecule has 5 heterocycles. The molecule has 0 aliphatic carbocycles. The molecular formula is C21H19N5O3S2. The van der Waals surface area contributed by atoms with E-state index in [2.05, 4.69) is 19.7 Å². The van der Waals surface area contributed by atoms with Crippen LogP contribution in [0.15, 0.2) is 65.1 Å². The molecule has 4 aromatic heterocycles. The Labute approximate surface area is 183 Å². The van der Waals surface area contributed by atoms with Crippen LogP contribution in [0.25, 0.3) is 21.6 Å². The van der Waals surface area contributed by atoms with Crippen molar-refractivity contribution in [3.05, 3.63) is 66.6 Å². The normalized spacial score (nSPS) is 17.0. The van der Waals surface area contributed by atoms with Gasteiger partial charge < -0.3 is 9.88 Å². The number of hydrogen-bond acceptors (Lipinski definition) is 6. The lowest BCUT2D eigenvalue weighted by atomic mass is 10.3. The van der Waals surface area contributed by atoms with Gasteiger partial charge >= 0.3 is 0 Å². The fourth-order valence-electron chi connectivity index (χ4n) is 3.66. The molecule has 1 atom stereocenters. The van der Waals surface area contributed by atoms with Crippen LogP contribution in [-0.4, -0.2) is 46.8 Å². The molecule has 31 heavy (non-hydrogen) atoms. The molecule has 2 N–H and O–H groups in total. The molecule has 0 spiro atoms. The lowest BCUT2D eigenvalue weighted by Gasteiger charge is -2.16. The number of aromatic amines is 1. The number of carbonyl (C=O) groups is 1. The molecule has 1 aliphatic rings. The molecular weight excluding hydrogens is 434 g/mol. The third kappa shape index (κ3) is 3.97. The number of fused-ring (bicyclic) bond motifs is 1. The van der Waals surface area contributed by atoms with Crippen LogP contribution < -0.4 is 4.72 Å². The minimum atomic E-state index is -3.81. The summed E-state index contributed by atoms with van der Waals surface area (Å²) in [5.74, 6) is -0.225. The van der Waals surface area contributed by atoms with Crippen molar-refractivity contribution in [2.75, 3.05) is 6.54 Å². The minimum absolute atomic E-state index is 0.168. The summed E-state index contributed by atoms with van der Waals surface area (Å²) in [6, 6.07) is 13.7. The number of carbonyl (C=O) groups excluding carboxylic acids is 1. The lowest BCUT2D eigenvalue weighted by molar-refractivity contribution is -0.129. The van der Waals surface area contributed by atoms with Crippen LogP contribution in [0.3, 0.4) is 0 Å². The summed E-state index contributed by atoms with van der Waals surface area (Å²) < 4.78 is 28.5. The summed E-state index contributed by atoms with van der Waals surface area (Å²) >= 11 is 1.13. The second-order valence-electron chi connectivity index (χ2n) is 7.29. The first-order valence-electron chi connectivity index (χ1n) is 9.74. The Kier molecular flexibility index (Phi) is 5.05. The van der Waals surface area contributed by atoms with Crippen molar-refractivity contribution in [1.82, 2.24) is 24.6 Å². The van der Waals surface area contributed by atoms with E-state index in [1.807, 2.05) is 30.3 Å². The molecule has 0 radical (unpaired) electrons. The van der Waals surface area contributed by atoms with Crippen molar-refractivity contribution in [2.24, 2.45) is 0 Å².